The van der Waals surface area contributed by atoms with E-state index in [-0.39, 0.29) is 5.91 Å². The van der Waals surface area contributed by atoms with Gasteiger partial charge in [0.05, 0.1) is 0 Å². The number of aromatic nitrogens is 2. The highest BCUT2D eigenvalue weighted by atomic mass is 16.6. The van der Waals surface area contributed by atoms with Crippen LogP contribution in [0.1, 0.15) is 39.2 Å². The van der Waals surface area contributed by atoms with E-state index in [1.54, 1.807) is 27.0 Å². The summed E-state index contributed by atoms with van der Waals surface area (Å²) in [6.07, 6.45) is 3.98. The molecule has 0 radical (unpaired) electrons. The molecule has 0 saturated heterocycles. The van der Waals surface area contributed by atoms with Gasteiger partial charge >= 0.3 is 6.09 Å². The van der Waals surface area contributed by atoms with Crippen LogP contribution >= 0.6 is 0 Å². The molecular formula is C17H24N4O3. The van der Waals surface area contributed by atoms with E-state index < -0.39 is 11.7 Å². The Hall–Kier alpha value is -2.57. The van der Waals surface area contributed by atoms with Crippen LogP contribution in [0.5, 0.6) is 0 Å². The Kier molecular flexibility index (Phi) is 5.78. The van der Waals surface area contributed by atoms with Gasteiger partial charge in [0, 0.05) is 37.3 Å². The van der Waals surface area contributed by atoms with Gasteiger partial charge in [-0.3, -0.25) is 4.79 Å². The molecule has 7 nitrogen and oxygen atoms in total. The van der Waals surface area contributed by atoms with Crippen LogP contribution in [0, 0.1) is 0 Å². The summed E-state index contributed by atoms with van der Waals surface area (Å²) in [6, 6.07) is 3.83. The molecule has 3 N–H and O–H groups in total. The number of fused-ring (bicyclic) bond motifs is 1. The number of ether oxygens (including phenoxy) is 1. The van der Waals surface area contributed by atoms with Gasteiger partial charge in [0.1, 0.15) is 11.2 Å². The molecule has 0 fully saturated rings. The Morgan fingerprint density at radius 2 is 2.04 bits per heavy atom. The number of amides is 2. The number of H-pyrrole nitrogens is 1. The quantitative estimate of drug-likeness (QED) is 0.708. The fourth-order valence-electron chi connectivity index (χ4n) is 2.21. The van der Waals surface area contributed by atoms with Crippen molar-refractivity contribution in [3.05, 3.63) is 30.1 Å². The number of nitrogens with zero attached hydrogens (tertiary/aromatic N) is 1. The number of carbonyl (C=O) groups is 2. The highest BCUT2D eigenvalue weighted by molar-refractivity contribution is 5.80. The third-order valence-corrected chi connectivity index (χ3v) is 3.28. The van der Waals surface area contributed by atoms with Crippen molar-refractivity contribution < 1.29 is 14.3 Å². The molecular weight excluding hydrogens is 308 g/mol. The summed E-state index contributed by atoms with van der Waals surface area (Å²) in [4.78, 5) is 30.6. The van der Waals surface area contributed by atoms with Crippen molar-refractivity contribution in [1.29, 1.82) is 0 Å². The van der Waals surface area contributed by atoms with E-state index >= 15 is 0 Å². The van der Waals surface area contributed by atoms with Crippen LogP contribution < -0.4 is 10.6 Å². The first-order valence-electron chi connectivity index (χ1n) is 8.00. The first-order valence-corrected chi connectivity index (χ1v) is 8.00. The average Bonchev–Trinajstić information content (AvgIpc) is 2.96. The van der Waals surface area contributed by atoms with Gasteiger partial charge in [0.25, 0.3) is 0 Å². The van der Waals surface area contributed by atoms with Crippen molar-refractivity contribution in [2.24, 2.45) is 0 Å². The molecule has 7 heteroatoms. The Balaban J connectivity index is 1.67. The van der Waals surface area contributed by atoms with Crippen molar-refractivity contribution in [1.82, 2.24) is 20.6 Å². The number of nitrogens with one attached hydrogen (secondary N) is 3. The zero-order valence-electron chi connectivity index (χ0n) is 14.3. The van der Waals surface area contributed by atoms with Gasteiger partial charge in [-0.15, -0.1) is 0 Å². The van der Waals surface area contributed by atoms with Gasteiger partial charge in [-0.2, -0.15) is 0 Å². The van der Waals surface area contributed by atoms with Crippen LogP contribution in [-0.2, 0) is 16.1 Å². The maximum Gasteiger partial charge on any atom is 0.407 e. The molecule has 130 valence electrons. The highest BCUT2D eigenvalue weighted by Gasteiger charge is 2.15. The van der Waals surface area contributed by atoms with Crippen LogP contribution in [0.25, 0.3) is 11.0 Å². The molecule has 0 atom stereocenters. The molecule has 0 aromatic carbocycles. The van der Waals surface area contributed by atoms with E-state index in [0.717, 1.165) is 16.6 Å². The zero-order valence-corrected chi connectivity index (χ0v) is 14.3. The first kappa shape index (κ1) is 17.8. The number of hydrogen-bond donors (Lipinski definition) is 3. The second kappa shape index (κ2) is 7.81. The lowest BCUT2D eigenvalue weighted by molar-refractivity contribution is -0.121. The largest absolute Gasteiger partial charge is 0.444 e. The van der Waals surface area contributed by atoms with Gasteiger partial charge < -0.3 is 20.4 Å². The van der Waals surface area contributed by atoms with Crippen LogP contribution in [0.2, 0.25) is 0 Å². The molecule has 0 aliphatic carbocycles. The fourth-order valence-corrected chi connectivity index (χ4v) is 2.21. The van der Waals surface area contributed by atoms with Gasteiger partial charge in [-0.25, -0.2) is 9.78 Å². The molecule has 2 amide bonds. The van der Waals surface area contributed by atoms with E-state index in [4.69, 9.17) is 4.74 Å². The van der Waals surface area contributed by atoms with E-state index in [1.165, 1.54) is 0 Å². The summed E-state index contributed by atoms with van der Waals surface area (Å²) in [5, 5.41) is 6.52. The maximum absolute atomic E-state index is 11.9. The summed E-state index contributed by atoms with van der Waals surface area (Å²) in [5.74, 6) is -0.0542. The van der Waals surface area contributed by atoms with Crippen molar-refractivity contribution >= 4 is 23.0 Å². The number of hydrogen-bond acceptors (Lipinski definition) is 4. The van der Waals surface area contributed by atoms with Crippen LogP contribution in [0.4, 0.5) is 4.79 Å². The van der Waals surface area contributed by atoms with E-state index in [2.05, 4.69) is 20.6 Å². The molecule has 24 heavy (non-hydrogen) atoms. The molecule has 2 aromatic heterocycles. The average molecular weight is 332 g/mol. The molecule has 0 saturated carbocycles. The molecule has 2 rings (SSSR count). The monoisotopic (exact) mass is 332 g/mol. The molecule has 0 aliphatic heterocycles. The predicted molar refractivity (Wildman–Crippen MR) is 91.4 cm³/mol. The summed E-state index contributed by atoms with van der Waals surface area (Å²) in [5.41, 5.74) is 1.31. The number of carbonyl (C=O) groups excluding carboxylic acids is 2. The lowest BCUT2D eigenvalue weighted by atomic mass is 10.2. The number of aromatic amines is 1. The Morgan fingerprint density at radius 3 is 2.79 bits per heavy atom. The number of rotatable bonds is 6. The predicted octanol–water partition coefficient (Wildman–Crippen LogP) is 2.48. The molecule has 0 aliphatic rings. The first-order chi connectivity index (χ1) is 11.3. The topological polar surface area (TPSA) is 96.1 Å². The summed E-state index contributed by atoms with van der Waals surface area (Å²) in [6.45, 7) is 6.27. The van der Waals surface area contributed by atoms with Gasteiger partial charge in [-0.1, -0.05) is 0 Å². The van der Waals surface area contributed by atoms with Gasteiger partial charge in [-0.05, 0) is 44.9 Å². The van der Waals surface area contributed by atoms with Crippen LogP contribution in [0.3, 0.4) is 0 Å². The SMILES string of the molecule is CC(C)(C)OC(=O)NCCCC(=O)NCc1ccnc2[nH]ccc12. The number of alkyl carbamates (subject to hydrolysis) is 1. The van der Waals surface area contributed by atoms with Gasteiger partial charge in [0.15, 0.2) is 0 Å². The standard InChI is InChI=1S/C17H24N4O3/c1-17(2,3)24-16(23)20-8-4-5-14(22)21-11-12-6-9-18-15-13(12)7-10-19-15/h6-7,9-10H,4-5,8,11H2,1-3H3,(H,18,19)(H,20,23)(H,21,22). The Bertz CT molecular complexity index is 703. The molecule has 0 bridgehead atoms. The second-order valence-corrected chi connectivity index (χ2v) is 6.52. The summed E-state index contributed by atoms with van der Waals surface area (Å²) in [7, 11) is 0. The summed E-state index contributed by atoms with van der Waals surface area (Å²) < 4.78 is 5.12. The van der Waals surface area contributed by atoms with E-state index in [9.17, 15) is 9.59 Å². The van der Waals surface area contributed by atoms with E-state index in [1.807, 2.05) is 18.3 Å². The smallest absolute Gasteiger partial charge is 0.407 e. The van der Waals surface area contributed by atoms with Crippen LogP contribution in [0.15, 0.2) is 24.5 Å². The molecule has 0 spiro atoms. The highest BCUT2D eigenvalue weighted by Crippen LogP contribution is 2.14. The normalized spacial score (nSPS) is 11.3. The second-order valence-electron chi connectivity index (χ2n) is 6.52. The Morgan fingerprint density at radius 1 is 1.25 bits per heavy atom. The van der Waals surface area contributed by atoms with Crippen molar-refractivity contribution in [2.45, 2.75) is 45.8 Å². The third-order valence-electron chi connectivity index (χ3n) is 3.28. The van der Waals surface area contributed by atoms with Crippen molar-refractivity contribution in [3.8, 4) is 0 Å². The molecule has 2 heterocycles. The van der Waals surface area contributed by atoms with Crippen LogP contribution in [-0.4, -0.2) is 34.1 Å². The minimum absolute atomic E-state index is 0.0542. The lowest BCUT2D eigenvalue weighted by Gasteiger charge is -2.19. The van der Waals surface area contributed by atoms with Gasteiger partial charge in [0.2, 0.25) is 5.91 Å². The van der Waals surface area contributed by atoms with Crippen molar-refractivity contribution in [3.63, 3.8) is 0 Å². The lowest BCUT2D eigenvalue weighted by Crippen LogP contribution is -2.33. The Labute approximate surface area is 141 Å². The molecule has 0 unspecified atom stereocenters. The van der Waals surface area contributed by atoms with E-state index in [0.29, 0.717) is 25.9 Å². The number of pyridine rings is 1. The fraction of sp³-hybridized carbons (Fsp3) is 0.471. The maximum atomic E-state index is 11.9. The minimum Gasteiger partial charge on any atom is -0.444 e. The summed E-state index contributed by atoms with van der Waals surface area (Å²) >= 11 is 0. The third kappa shape index (κ3) is 5.57. The zero-order chi connectivity index (χ0) is 17.6. The minimum atomic E-state index is -0.518. The molecule has 2 aromatic rings. The van der Waals surface area contributed by atoms with Crippen molar-refractivity contribution in [2.75, 3.05) is 6.54 Å².